The van der Waals surface area contributed by atoms with Crippen LogP contribution in [0.3, 0.4) is 0 Å². The van der Waals surface area contributed by atoms with Crippen molar-refractivity contribution in [3.05, 3.63) is 40.1 Å². The molecule has 0 unspecified atom stereocenters. The van der Waals surface area contributed by atoms with Crippen LogP contribution in [0.2, 0.25) is 0 Å². The van der Waals surface area contributed by atoms with Crippen molar-refractivity contribution < 1.29 is 9.53 Å². The van der Waals surface area contributed by atoms with Gasteiger partial charge in [-0.1, -0.05) is 0 Å². The molecule has 0 radical (unpaired) electrons. The fourth-order valence-corrected chi connectivity index (χ4v) is 2.52. The van der Waals surface area contributed by atoms with Gasteiger partial charge in [0.25, 0.3) is 5.91 Å². The van der Waals surface area contributed by atoms with Crippen LogP contribution in [-0.4, -0.2) is 29.0 Å². The van der Waals surface area contributed by atoms with E-state index in [-0.39, 0.29) is 12.5 Å². The van der Waals surface area contributed by atoms with Crippen molar-refractivity contribution in [2.75, 3.05) is 13.2 Å². The van der Waals surface area contributed by atoms with Gasteiger partial charge in [0.1, 0.15) is 5.75 Å². The Hall–Kier alpha value is -1.95. The Morgan fingerprint density at radius 2 is 2.30 bits per heavy atom. The summed E-state index contributed by atoms with van der Waals surface area (Å²) in [5, 5.41) is 3.86. The minimum Gasteiger partial charge on any atom is -0.482 e. The van der Waals surface area contributed by atoms with Crippen LogP contribution in [0, 0.1) is 13.8 Å². The van der Waals surface area contributed by atoms with Crippen LogP contribution < -0.4 is 10.1 Å². The maximum absolute atomic E-state index is 11.6. The number of pyridine rings is 1. The second-order valence-corrected chi connectivity index (χ2v) is 5.61. The summed E-state index contributed by atoms with van der Waals surface area (Å²) in [5.74, 6) is 0.452. The highest BCUT2D eigenvalue weighted by Crippen LogP contribution is 2.16. The molecular weight excluding hydrogens is 274 g/mol. The van der Waals surface area contributed by atoms with Gasteiger partial charge in [-0.3, -0.25) is 9.78 Å². The Balaban J connectivity index is 1.68. The molecule has 5 nitrogen and oxygen atoms in total. The largest absolute Gasteiger partial charge is 0.482 e. The van der Waals surface area contributed by atoms with Crippen molar-refractivity contribution in [3.8, 4) is 5.75 Å². The normalized spacial score (nSPS) is 10.3. The number of amides is 1. The van der Waals surface area contributed by atoms with Gasteiger partial charge in [0, 0.05) is 24.0 Å². The van der Waals surface area contributed by atoms with Gasteiger partial charge in [0.15, 0.2) is 6.61 Å². The summed E-state index contributed by atoms with van der Waals surface area (Å²) < 4.78 is 5.31. The number of nitrogens with zero attached hydrogens (tertiary/aromatic N) is 2. The average molecular weight is 291 g/mol. The first-order valence-corrected chi connectivity index (χ1v) is 7.19. The first kappa shape index (κ1) is 14.5. The summed E-state index contributed by atoms with van der Waals surface area (Å²) >= 11 is 1.67. The molecule has 0 aliphatic heterocycles. The van der Waals surface area contributed by atoms with Crippen LogP contribution >= 0.6 is 11.3 Å². The Morgan fingerprint density at radius 1 is 1.45 bits per heavy atom. The van der Waals surface area contributed by atoms with Gasteiger partial charge in [-0.25, -0.2) is 4.98 Å². The SMILES string of the molecule is Cc1nc(CCNC(=O)COc2cccnc2)sc1C. The molecule has 0 aromatic carbocycles. The van der Waals surface area contributed by atoms with E-state index in [1.807, 2.05) is 6.92 Å². The number of carbonyl (C=O) groups is 1. The van der Waals surface area contributed by atoms with Crippen LogP contribution in [0.5, 0.6) is 5.75 Å². The van der Waals surface area contributed by atoms with E-state index in [4.69, 9.17) is 4.74 Å². The summed E-state index contributed by atoms with van der Waals surface area (Å²) in [7, 11) is 0. The highest BCUT2D eigenvalue weighted by atomic mass is 32.1. The monoisotopic (exact) mass is 291 g/mol. The molecule has 0 aliphatic carbocycles. The Kier molecular flexibility index (Phi) is 5.06. The molecule has 0 atom stereocenters. The third kappa shape index (κ3) is 4.31. The zero-order valence-corrected chi connectivity index (χ0v) is 12.4. The second kappa shape index (κ2) is 7.00. The number of aryl methyl sites for hydroxylation is 2. The van der Waals surface area contributed by atoms with Gasteiger partial charge in [-0.2, -0.15) is 0 Å². The summed E-state index contributed by atoms with van der Waals surface area (Å²) in [6, 6.07) is 3.53. The van der Waals surface area contributed by atoms with E-state index in [1.54, 1.807) is 35.9 Å². The third-order valence-electron chi connectivity index (χ3n) is 2.74. The average Bonchev–Trinajstić information content (AvgIpc) is 2.76. The molecule has 106 valence electrons. The van der Waals surface area contributed by atoms with Gasteiger partial charge in [0.2, 0.25) is 0 Å². The number of rotatable bonds is 6. The Bertz CT molecular complexity index is 550. The van der Waals surface area contributed by atoms with Crippen LogP contribution in [0.25, 0.3) is 0 Å². The molecule has 1 N–H and O–H groups in total. The molecule has 2 heterocycles. The maximum Gasteiger partial charge on any atom is 0.257 e. The van der Waals surface area contributed by atoms with E-state index in [0.29, 0.717) is 12.3 Å². The fraction of sp³-hybridized carbons (Fsp3) is 0.357. The van der Waals surface area contributed by atoms with Gasteiger partial charge < -0.3 is 10.1 Å². The summed E-state index contributed by atoms with van der Waals surface area (Å²) in [6.45, 7) is 4.62. The van der Waals surface area contributed by atoms with Crippen molar-refractivity contribution in [1.29, 1.82) is 0 Å². The van der Waals surface area contributed by atoms with Crippen molar-refractivity contribution in [2.45, 2.75) is 20.3 Å². The predicted molar refractivity (Wildman–Crippen MR) is 78.0 cm³/mol. The van der Waals surface area contributed by atoms with Crippen molar-refractivity contribution in [3.63, 3.8) is 0 Å². The van der Waals surface area contributed by atoms with Gasteiger partial charge in [-0.15, -0.1) is 11.3 Å². The van der Waals surface area contributed by atoms with E-state index < -0.39 is 0 Å². The number of hydrogen-bond acceptors (Lipinski definition) is 5. The molecule has 2 aromatic rings. The second-order valence-electron chi connectivity index (χ2n) is 4.33. The summed E-state index contributed by atoms with van der Waals surface area (Å²) in [4.78, 5) is 21.2. The molecule has 6 heteroatoms. The van der Waals surface area contributed by atoms with Crippen molar-refractivity contribution in [2.24, 2.45) is 0 Å². The standard InChI is InChI=1S/C14H17N3O2S/c1-10-11(2)20-14(17-10)5-7-16-13(18)9-19-12-4-3-6-15-8-12/h3-4,6,8H,5,7,9H2,1-2H3,(H,16,18). The van der Waals surface area contributed by atoms with Gasteiger partial charge in [-0.05, 0) is 26.0 Å². The van der Waals surface area contributed by atoms with E-state index in [1.165, 1.54) is 4.88 Å². The van der Waals surface area contributed by atoms with E-state index in [9.17, 15) is 4.79 Å². The molecule has 1 amide bonds. The van der Waals surface area contributed by atoms with E-state index in [0.717, 1.165) is 17.1 Å². The topological polar surface area (TPSA) is 64.1 Å². The zero-order chi connectivity index (χ0) is 14.4. The quantitative estimate of drug-likeness (QED) is 0.883. The zero-order valence-electron chi connectivity index (χ0n) is 11.5. The summed E-state index contributed by atoms with van der Waals surface area (Å²) in [6.07, 6.45) is 3.98. The van der Waals surface area contributed by atoms with Gasteiger partial charge in [0.05, 0.1) is 16.9 Å². The van der Waals surface area contributed by atoms with Crippen molar-refractivity contribution >= 4 is 17.2 Å². The van der Waals surface area contributed by atoms with Crippen LogP contribution in [-0.2, 0) is 11.2 Å². The molecule has 0 fully saturated rings. The fourth-order valence-electron chi connectivity index (χ4n) is 1.59. The molecule has 20 heavy (non-hydrogen) atoms. The first-order valence-electron chi connectivity index (χ1n) is 6.37. The lowest BCUT2D eigenvalue weighted by molar-refractivity contribution is -0.123. The molecule has 0 saturated heterocycles. The van der Waals surface area contributed by atoms with E-state index >= 15 is 0 Å². The number of carbonyl (C=O) groups excluding carboxylic acids is 1. The molecule has 2 aromatic heterocycles. The molecular formula is C14H17N3O2S. The minimum absolute atomic E-state index is 0.00161. The number of aromatic nitrogens is 2. The number of nitrogens with one attached hydrogen (secondary N) is 1. The highest BCUT2D eigenvalue weighted by molar-refractivity contribution is 7.11. The number of thiazole rings is 1. The molecule has 2 rings (SSSR count). The summed E-state index contributed by atoms with van der Waals surface area (Å²) in [5.41, 5.74) is 1.07. The molecule has 0 bridgehead atoms. The first-order chi connectivity index (χ1) is 9.65. The van der Waals surface area contributed by atoms with Crippen LogP contribution in [0.4, 0.5) is 0 Å². The van der Waals surface area contributed by atoms with E-state index in [2.05, 4.69) is 22.2 Å². The maximum atomic E-state index is 11.6. The molecule has 0 spiro atoms. The number of hydrogen-bond donors (Lipinski definition) is 1. The lowest BCUT2D eigenvalue weighted by Gasteiger charge is -2.06. The predicted octanol–water partition coefficient (Wildman–Crippen LogP) is 1.89. The van der Waals surface area contributed by atoms with Crippen LogP contribution in [0.1, 0.15) is 15.6 Å². The van der Waals surface area contributed by atoms with Gasteiger partial charge >= 0.3 is 0 Å². The lowest BCUT2D eigenvalue weighted by atomic mass is 10.4. The van der Waals surface area contributed by atoms with Crippen LogP contribution in [0.15, 0.2) is 24.5 Å². The number of ether oxygens (including phenoxy) is 1. The minimum atomic E-state index is -0.140. The molecule has 0 saturated carbocycles. The van der Waals surface area contributed by atoms with Crippen molar-refractivity contribution in [1.82, 2.24) is 15.3 Å². The Morgan fingerprint density at radius 3 is 2.95 bits per heavy atom. The Labute approximate surface area is 122 Å². The third-order valence-corrected chi connectivity index (χ3v) is 3.87. The molecule has 0 aliphatic rings. The highest BCUT2D eigenvalue weighted by Gasteiger charge is 2.05. The smallest absolute Gasteiger partial charge is 0.257 e. The lowest BCUT2D eigenvalue weighted by Crippen LogP contribution is -2.30.